The van der Waals surface area contributed by atoms with Gasteiger partial charge >= 0.3 is 0 Å². The molecule has 0 aliphatic carbocycles. The Labute approximate surface area is 148 Å². The summed E-state index contributed by atoms with van der Waals surface area (Å²) in [6, 6.07) is 7.90. The van der Waals surface area contributed by atoms with Crippen LogP contribution in [-0.4, -0.2) is 54.2 Å². The lowest BCUT2D eigenvalue weighted by molar-refractivity contribution is 0.0305. The van der Waals surface area contributed by atoms with Crippen LogP contribution in [0, 0.1) is 13.8 Å². The summed E-state index contributed by atoms with van der Waals surface area (Å²) < 4.78 is 10.7. The number of aromatic nitrogens is 1. The van der Waals surface area contributed by atoms with Gasteiger partial charge in [-0.2, -0.15) is 0 Å². The smallest absolute Gasteiger partial charge is 0.276 e. The van der Waals surface area contributed by atoms with Crippen LogP contribution in [0.2, 0.25) is 0 Å². The Morgan fingerprint density at radius 1 is 1.28 bits per heavy atom. The van der Waals surface area contributed by atoms with Gasteiger partial charge in [-0.25, -0.2) is 0 Å². The first-order valence-corrected chi connectivity index (χ1v) is 8.61. The Hall–Kier alpha value is -2.18. The second-order valence-corrected chi connectivity index (χ2v) is 6.59. The molecule has 1 aromatic carbocycles. The standard InChI is InChI=1S/C19H25N3O3/c1-14-5-4-6-16(15(14)2)12-21(3)19(23)18-11-17(25-20-18)13-22-7-9-24-10-8-22/h4-6,11H,7-10,12-13H2,1-3H3. The number of benzene rings is 1. The number of nitrogens with zero attached hydrogens (tertiary/aromatic N) is 3. The normalized spacial score (nSPS) is 15.3. The first-order valence-electron chi connectivity index (χ1n) is 8.61. The molecule has 0 N–H and O–H groups in total. The number of hydrogen-bond donors (Lipinski definition) is 0. The molecule has 1 aromatic heterocycles. The molecule has 0 spiro atoms. The van der Waals surface area contributed by atoms with Gasteiger partial charge in [0.25, 0.3) is 5.91 Å². The molecular weight excluding hydrogens is 318 g/mol. The van der Waals surface area contributed by atoms with E-state index in [4.69, 9.17) is 9.26 Å². The Morgan fingerprint density at radius 2 is 2.04 bits per heavy atom. The zero-order chi connectivity index (χ0) is 17.8. The molecule has 2 aromatic rings. The Bertz CT molecular complexity index is 735. The van der Waals surface area contributed by atoms with E-state index in [1.165, 1.54) is 11.1 Å². The topological polar surface area (TPSA) is 58.8 Å². The van der Waals surface area contributed by atoms with Crippen molar-refractivity contribution in [1.29, 1.82) is 0 Å². The van der Waals surface area contributed by atoms with E-state index in [0.29, 0.717) is 24.5 Å². The molecule has 0 atom stereocenters. The zero-order valence-corrected chi connectivity index (χ0v) is 15.1. The summed E-state index contributed by atoms with van der Waals surface area (Å²) in [5, 5.41) is 3.96. The van der Waals surface area contributed by atoms with E-state index in [1.807, 2.05) is 6.07 Å². The van der Waals surface area contributed by atoms with Gasteiger partial charge in [-0.1, -0.05) is 23.4 Å². The van der Waals surface area contributed by atoms with Crippen LogP contribution in [0.4, 0.5) is 0 Å². The van der Waals surface area contributed by atoms with Crippen LogP contribution in [0.3, 0.4) is 0 Å². The van der Waals surface area contributed by atoms with E-state index in [2.05, 4.69) is 36.0 Å². The molecule has 1 saturated heterocycles. The molecule has 2 heterocycles. The highest BCUT2D eigenvalue weighted by Gasteiger charge is 2.19. The molecule has 0 unspecified atom stereocenters. The Kier molecular flexibility index (Phi) is 5.50. The molecule has 3 rings (SSSR count). The third-order valence-corrected chi connectivity index (χ3v) is 4.73. The number of amides is 1. The molecule has 0 radical (unpaired) electrons. The van der Waals surface area contributed by atoms with Crippen molar-refractivity contribution in [1.82, 2.24) is 15.0 Å². The van der Waals surface area contributed by atoms with Gasteiger partial charge in [-0.3, -0.25) is 9.69 Å². The third kappa shape index (κ3) is 4.27. The highest BCUT2D eigenvalue weighted by atomic mass is 16.5. The van der Waals surface area contributed by atoms with Gasteiger partial charge in [0.1, 0.15) is 0 Å². The van der Waals surface area contributed by atoms with Crippen LogP contribution in [0.25, 0.3) is 0 Å². The van der Waals surface area contributed by atoms with Crippen LogP contribution in [0.5, 0.6) is 0 Å². The van der Waals surface area contributed by atoms with E-state index in [-0.39, 0.29) is 5.91 Å². The van der Waals surface area contributed by atoms with Gasteiger partial charge < -0.3 is 14.2 Å². The first kappa shape index (κ1) is 17.6. The van der Waals surface area contributed by atoms with Crippen molar-refractivity contribution in [3.05, 3.63) is 52.4 Å². The first-order chi connectivity index (χ1) is 12.0. The van der Waals surface area contributed by atoms with Gasteiger partial charge in [0.15, 0.2) is 11.5 Å². The number of aryl methyl sites for hydroxylation is 1. The molecule has 6 nitrogen and oxygen atoms in total. The lowest BCUT2D eigenvalue weighted by atomic mass is 10.0. The third-order valence-electron chi connectivity index (χ3n) is 4.73. The summed E-state index contributed by atoms with van der Waals surface area (Å²) in [5.41, 5.74) is 3.95. The van der Waals surface area contributed by atoms with E-state index in [9.17, 15) is 4.79 Å². The van der Waals surface area contributed by atoms with Crippen molar-refractivity contribution in [2.24, 2.45) is 0 Å². The average Bonchev–Trinajstić information content (AvgIpc) is 3.07. The largest absolute Gasteiger partial charge is 0.379 e. The lowest BCUT2D eigenvalue weighted by Gasteiger charge is -2.25. The van der Waals surface area contributed by atoms with Crippen LogP contribution in [0.15, 0.2) is 28.8 Å². The maximum Gasteiger partial charge on any atom is 0.276 e. The second kappa shape index (κ2) is 7.80. The van der Waals surface area contributed by atoms with Gasteiger partial charge in [0.05, 0.1) is 19.8 Å². The van der Waals surface area contributed by atoms with Gasteiger partial charge in [0.2, 0.25) is 0 Å². The number of rotatable bonds is 5. The van der Waals surface area contributed by atoms with Crippen molar-refractivity contribution in [2.45, 2.75) is 26.9 Å². The van der Waals surface area contributed by atoms with E-state index < -0.39 is 0 Å². The number of carbonyl (C=O) groups excluding carboxylic acids is 1. The predicted octanol–water partition coefficient (Wildman–Crippen LogP) is 2.40. The molecule has 1 amide bonds. The predicted molar refractivity (Wildman–Crippen MR) is 94.3 cm³/mol. The summed E-state index contributed by atoms with van der Waals surface area (Å²) in [6.45, 7) is 8.59. The van der Waals surface area contributed by atoms with Crippen molar-refractivity contribution in [3.8, 4) is 0 Å². The fraction of sp³-hybridized carbons (Fsp3) is 0.474. The number of carbonyl (C=O) groups is 1. The molecule has 0 bridgehead atoms. The Morgan fingerprint density at radius 3 is 2.80 bits per heavy atom. The summed E-state index contributed by atoms with van der Waals surface area (Å²) in [5.74, 6) is 0.586. The van der Waals surface area contributed by atoms with E-state index >= 15 is 0 Å². The minimum absolute atomic E-state index is 0.127. The van der Waals surface area contributed by atoms with Crippen LogP contribution < -0.4 is 0 Å². The lowest BCUT2D eigenvalue weighted by Crippen LogP contribution is -2.35. The number of morpholine rings is 1. The Balaban J connectivity index is 1.63. The quantitative estimate of drug-likeness (QED) is 0.834. The zero-order valence-electron chi connectivity index (χ0n) is 15.1. The maximum absolute atomic E-state index is 12.6. The summed E-state index contributed by atoms with van der Waals surface area (Å²) in [4.78, 5) is 16.5. The molecule has 6 heteroatoms. The van der Waals surface area contributed by atoms with Gasteiger partial charge in [-0.15, -0.1) is 0 Å². The number of hydrogen-bond acceptors (Lipinski definition) is 5. The summed E-state index contributed by atoms with van der Waals surface area (Å²) in [7, 11) is 1.79. The molecule has 134 valence electrons. The van der Waals surface area contributed by atoms with Crippen LogP contribution in [-0.2, 0) is 17.8 Å². The van der Waals surface area contributed by atoms with Crippen molar-refractivity contribution < 1.29 is 14.1 Å². The highest BCUT2D eigenvalue weighted by molar-refractivity contribution is 5.92. The monoisotopic (exact) mass is 343 g/mol. The molecule has 0 saturated carbocycles. The fourth-order valence-corrected chi connectivity index (χ4v) is 2.97. The van der Waals surface area contributed by atoms with Gasteiger partial charge in [0, 0.05) is 32.7 Å². The van der Waals surface area contributed by atoms with E-state index in [1.54, 1.807) is 18.0 Å². The molecular formula is C19H25N3O3. The van der Waals surface area contributed by atoms with Crippen LogP contribution >= 0.6 is 0 Å². The molecule has 1 fully saturated rings. The molecule has 1 aliphatic heterocycles. The maximum atomic E-state index is 12.6. The van der Waals surface area contributed by atoms with Gasteiger partial charge in [-0.05, 0) is 30.5 Å². The van der Waals surface area contributed by atoms with Crippen molar-refractivity contribution >= 4 is 5.91 Å². The molecule has 1 aliphatic rings. The van der Waals surface area contributed by atoms with Crippen molar-refractivity contribution in [2.75, 3.05) is 33.4 Å². The van der Waals surface area contributed by atoms with Crippen LogP contribution in [0.1, 0.15) is 32.9 Å². The highest BCUT2D eigenvalue weighted by Crippen LogP contribution is 2.16. The van der Waals surface area contributed by atoms with Crippen molar-refractivity contribution in [3.63, 3.8) is 0 Å². The number of ether oxygens (including phenoxy) is 1. The molecule has 25 heavy (non-hydrogen) atoms. The minimum Gasteiger partial charge on any atom is -0.379 e. The fourth-order valence-electron chi connectivity index (χ4n) is 2.97. The van der Waals surface area contributed by atoms with E-state index in [0.717, 1.165) is 31.9 Å². The SMILES string of the molecule is Cc1cccc(CN(C)C(=O)c2cc(CN3CCOCC3)on2)c1C. The average molecular weight is 343 g/mol. The minimum atomic E-state index is -0.127. The summed E-state index contributed by atoms with van der Waals surface area (Å²) in [6.07, 6.45) is 0. The second-order valence-electron chi connectivity index (χ2n) is 6.59. The summed E-state index contributed by atoms with van der Waals surface area (Å²) >= 11 is 0.